The molecule has 122 valence electrons. The molecule has 0 aliphatic rings. The summed E-state index contributed by atoms with van der Waals surface area (Å²) < 4.78 is 9.35. The Balaban J connectivity index is 4.60. The Labute approximate surface area is 122 Å². The molecule has 0 fully saturated rings. The lowest BCUT2D eigenvalue weighted by Gasteiger charge is -2.24. The van der Waals surface area contributed by atoms with Crippen molar-refractivity contribution in [1.29, 1.82) is 0 Å². The Morgan fingerprint density at radius 3 is 2.38 bits per heavy atom. The van der Waals surface area contributed by atoms with Crippen LogP contribution in [0.2, 0.25) is 0 Å². The van der Waals surface area contributed by atoms with Gasteiger partial charge in [-0.05, 0) is 0 Å². The van der Waals surface area contributed by atoms with Crippen LogP contribution >= 0.6 is 0 Å². The molecule has 0 radical (unpaired) electrons. The van der Waals surface area contributed by atoms with Crippen LogP contribution in [0.5, 0.6) is 0 Å². The predicted octanol–water partition coefficient (Wildman–Crippen LogP) is -0.957. The molecule has 3 N–H and O–H groups in total. The van der Waals surface area contributed by atoms with Crippen LogP contribution in [-0.2, 0) is 19.1 Å². The number of hydrogen-bond acceptors (Lipinski definition) is 6. The highest BCUT2D eigenvalue weighted by molar-refractivity contribution is 5.82. The van der Waals surface area contributed by atoms with E-state index in [0.29, 0.717) is 0 Å². The molecule has 0 aromatic rings. The van der Waals surface area contributed by atoms with E-state index in [1.807, 2.05) is 0 Å². The molecule has 0 aromatic carbocycles. The van der Waals surface area contributed by atoms with Crippen LogP contribution in [-0.4, -0.2) is 79.6 Å². The number of amides is 2. The van der Waals surface area contributed by atoms with Gasteiger partial charge in [0, 0.05) is 33.2 Å². The minimum atomic E-state index is -1.24. The van der Waals surface area contributed by atoms with E-state index in [-0.39, 0.29) is 39.1 Å². The fourth-order valence-electron chi connectivity index (χ4n) is 1.47. The molecule has 0 aliphatic carbocycles. The monoisotopic (exact) mass is 306 g/mol. The number of esters is 1. The van der Waals surface area contributed by atoms with Gasteiger partial charge in [-0.15, -0.1) is 0 Å². The van der Waals surface area contributed by atoms with Crippen LogP contribution in [0.1, 0.15) is 12.8 Å². The lowest BCUT2D eigenvalue weighted by molar-refractivity contribution is -0.141. The van der Waals surface area contributed by atoms with E-state index in [1.54, 1.807) is 0 Å². The summed E-state index contributed by atoms with van der Waals surface area (Å²) in [6.45, 7) is 0.155. The molecule has 1 atom stereocenters. The number of urea groups is 1. The van der Waals surface area contributed by atoms with Crippen LogP contribution in [0, 0.1) is 0 Å². The third-order valence-electron chi connectivity index (χ3n) is 2.68. The maximum absolute atomic E-state index is 12.0. The summed E-state index contributed by atoms with van der Waals surface area (Å²) in [6, 6.07) is -1.83. The topological polar surface area (TPSA) is 125 Å². The molecule has 21 heavy (non-hydrogen) atoms. The van der Waals surface area contributed by atoms with E-state index in [0.717, 1.165) is 0 Å². The van der Waals surface area contributed by atoms with Gasteiger partial charge in [0.2, 0.25) is 0 Å². The van der Waals surface area contributed by atoms with E-state index < -0.39 is 24.0 Å². The Kier molecular flexibility index (Phi) is 9.90. The zero-order valence-electron chi connectivity index (χ0n) is 12.2. The molecule has 0 heterocycles. The first-order valence-corrected chi connectivity index (χ1v) is 6.41. The number of hydrogen-bond donors (Lipinski definition) is 3. The number of carbonyl (C=O) groups is 3. The number of nitrogens with zero attached hydrogens (tertiary/aromatic N) is 1. The molecule has 2 amide bonds. The average Bonchev–Trinajstić information content (AvgIpc) is 2.46. The summed E-state index contributed by atoms with van der Waals surface area (Å²) in [6.07, 6.45) is -0.110. The SMILES string of the molecule is COCCN(CCC(=O)OC)C(=O)N[C@H](CCO)C(=O)O. The summed E-state index contributed by atoms with van der Waals surface area (Å²) in [5.74, 6) is -1.72. The van der Waals surface area contributed by atoms with E-state index in [1.165, 1.54) is 19.1 Å². The second-order valence-electron chi connectivity index (χ2n) is 4.16. The van der Waals surface area contributed by atoms with Gasteiger partial charge < -0.3 is 29.9 Å². The van der Waals surface area contributed by atoms with Gasteiger partial charge in [-0.3, -0.25) is 4.79 Å². The van der Waals surface area contributed by atoms with Crippen molar-refractivity contribution in [2.45, 2.75) is 18.9 Å². The molecule has 0 saturated carbocycles. The molecule has 9 heteroatoms. The number of aliphatic carboxylic acids is 1. The van der Waals surface area contributed by atoms with Gasteiger partial charge in [-0.25, -0.2) is 9.59 Å². The van der Waals surface area contributed by atoms with Crippen molar-refractivity contribution >= 4 is 18.0 Å². The number of aliphatic hydroxyl groups is 1. The van der Waals surface area contributed by atoms with E-state index >= 15 is 0 Å². The highest BCUT2D eigenvalue weighted by atomic mass is 16.5. The van der Waals surface area contributed by atoms with Crippen LogP contribution in [0.25, 0.3) is 0 Å². The van der Waals surface area contributed by atoms with Crippen molar-refractivity contribution in [3.63, 3.8) is 0 Å². The lowest BCUT2D eigenvalue weighted by Crippen LogP contribution is -2.49. The highest BCUT2D eigenvalue weighted by Crippen LogP contribution is 1.99. The second-order valence-corrected chi connectivity index (χ2v) is 4.16. The number of carboxylic acids is 1. The first-order valence-electron chi connectivity index (χ1n) is 6.41. The molecule has 0 aliphatic heterocycles. The smallest absolute Gasteiger partial charge is 0.326 e. The van der Waals surface area contributed by atoms with Crippen LogP contribution < -0.4 is 5.32 Å². The quantitative estimate of drug-likeness (QED) is 0.444. The lowest BCUT2D eigenvalue weighted by atomic mass is 10.2. The first kappa shape index (κ1) is 19.1. The number of carbonyl (C=O) groups excluding carboxylic acids is 2. The van der Waals surface area contributed by atoms with Gasteiger partial charge in [0.05, 0.1) is 20.1 Å². The molecule has 0 aromatic heterocycles. The fourth-order valence-corrected chi connectivity index (χ4v) is 1.47. The number of rotatable bonds is 10. The third kappa shape index (κ3) is 8.10. The van der Waals surface area contributed by atoms with Crippen molar-refractivity contribution in [3.8, 4) is 0 Å². The molecule has 0 saturated heterocycles. The maximum Gasteiger partial charge on any atom is 0.326 e. The Bertz CT molecular complexity index is 348. The number of nitrogens with one attached hydrogen (secondary N) is 1. The first-order chi connectivity index (χ1) is 9.96. The number of methoxy groups -OCH3 is 2. The average molecular weight is 306 g/mol. The van der Waals surface area contributed by atoms with Crippen LogP contribution in [0.15, 0.2) is 0 Å². The molecule has 0 bridgehead atoms. The molecular weight excluding hydrogens is 284 g/mol. The van der Waals surface area contributed by atoms with Gasteiger partial charge in [0.1, 0.15) is 6.04 Å². The Morgan fingerprint density at radius 2 is 1.90 bits per heavy atom. The van der Waals surface area contributed by atoms with Crippen molar-refractivity contribution in [1.82, 2.24) is 10.2 Å². The second kappa shape index (κ2) is 10.9. The molecule has 0 rings (SSSR count). The van der Waals surface area contributed by atoms with Crippen molar-refractivity contribution < 1.29 is 34.1 Å². The standard InChI is InChI=1S/C12H22N2O7/c1-20-8-6-14(5-3-10(16)21-2)12(19)13-9(4-7-15)11(17)18/h9,15H,3-8H2,1-2H3,(H,13,19)(H,17,18)/t9-/m1/s1. The van der Waals surface area contributed by atoms with Crippen LogP contribution in [0.3, 0.4) is 0 Å². The molecule has 0 unspecified atom stereocenters. The minimum Gasteiger partial charge on any atom is -0.480 e. The fraction of sp³-hybridized carbons (Fsp3) is 0.750. The number of carboxylic acid groups (broad SMARTS) is 1. The number of ether oxygens (including phenoxy) is 2. The van der Waals surface area contributed by atoms with E-state index in [2.05, 4.69) is 10.1 Å². The summed E-state index contributed by atoms with van der Waals surface area (Å²) in [5.41, 5.74) is 0. The van der Waals surface area contributed by atoms with E-state index in [4.69, 9.17) is 14.9 Å². The maximum atomic E-state index is 12.0. The van der Waals surface area contributed by atoms with Gasteiger partial charge >= 0.3 is 18.0 Å². The Hall–Kier alpha value is -1.87. The van der Waals surface area contributed by atoms with Crippen molar-refractivity contribution in [2.75, 3.05) is 40.5 Å². The number of aliphatic hydroxyl groups excluding tert-OH is 1. The summed E-state index contributed by atoms with van der Waals surface area (Å²) in [4.78, 5) is 35.3. The van der Waals surface area contributed by atoms with Gasteiger partial charge in [0.15, 0.2) is 0 Å². The van der Waals surface area contributed by atoms with Gasteiger partial charge in [-0.1, -0.05) is 0 Å². The van der Waals surface area contributed by atoms with Gasteiger partial charge in [0.25, 0.3) is 0 Å². The highest BCUT2D eigenvalue weighted by Gasteiger charge is 2.23. The van der Waals surface area contributed by atoms with Gasteiger partial charge in [-0.2, -0.15) is 0 Å². The molecular formula is C12H22N2O7. The van der Waals surface area contributed by atoms with Crippen molar-refractivity contribution in [3.05, 3.63) is 0 Å². The summed E-state index contributed by atoms with van der Waals surface area (Å²) in [5, 5.41) is 20.0. The molecule has 0 spiro atoms. The summed E-state index contributed by atoms with van der Waals surface area (Å²) >= 11 is 0. The third-order valence-corrected chi connectivity index (χ3v) is 2.68. The molecule has 9 nitrogen and oxygen atoms in total. The minimum absolute atomic E-state index is 0.00856. The predicted molar refractivity (Wildman–Crippen MR) is 71.7 cm³/mol. The van der Waals surface area contributed by atoms with E-state index in [9.17, 15) is 14.4 Å². The zero-order chi connectivity index (χ0) is 16.3. The van der Waals surface area contributed by atoms with Crippen molar-refractivity contribution in [2.24, 2.45) is 0 Å². The largest absolute Gasteiger partial charge is 0.480 e. The summed E-state index contributed by atoms with van der Waals surface area (Å²) in [7, 11) is 2.70. The normalized spacial score (nSPS) is 11.6. The van der Waals surface area contributed by atoms with Crippen LogP contribution in [0.4, 0.5) is 4.79 Å². The Morgan fingerprint density at radius 1 is 1.24 bits per heavy atom. The zero-order valence-corrected chi connectivity index (χ0v) is 12.2.